The highest BCUT2D eigenvalue weighted by Gasteiger charge is 2.14. The van der Waals surface area contributed by atoms with E-state index in [9.17, 15) is 4.79 Å². The standard InChI is InChI=1S/C11H11ClN2O2/c12-9-6-8(11(15)16)7-13-10(9)14-4-2-1-3-5-14/h1-2,6-7H,3-5H2,(H,15,16). The Morgan fingerprint density at radius 2 is 2.31 bits per heavy atom. The number of carbonyl (C=O) groups is 1. The molecule has 16 heavy (non-hydrogen) atoms. The summed E-state index contributed by atoms with van der Waals surface area (Å²) in [6, 6.07) is 1.44. The maximum absolute atomic E-state index is 10.7. The minimum Gasteiger partial charge on any atom is -0.478 e. The fourth-order valence-electron chi connectivity index (χ4n) is 1.61. The highest BCUT2D eigenvalue weighted by molar-refractivity contribution is 6.33. The van der Waals surface area contributed by atoms with E-state index < -0.39 is 5.97 Å². The third-order valence-electron chi connectivity index (χ3n) is 2.43. The molecule has 0 amide bonds. The van der Waals surface area contributed by atoms with E-state index in [2.05, 4.69) is 11.1 Å². The monoisotopic (exact) mass is 238 g/mol. The summed E-state index contributed by atoms with van der Waals surface area (Å²) in [6.45, 7) is 1.62. The Labute approximate surface area is 98.2 Å². The van der Waals surface area contributed by atoms with Gasteiger partial charge in [-0.1, -0.05) is 23.8 Å². The summed E-state index contributed by atoms with van der Waals surface area (Å²) in [5.41, 5.74) is 0.112. The summed E-state index contributed by atoms with van der Waals surface area (Å²) in [6.07, 6.45) is 6.45. The van der Waals surface area contributed by atoms with Crippen LogP contribution in [0.4, 0.5) is 5.82 Å². The summed E-state index contributed by atoms with van der Waals surface area (Å²) in [4.78, 5) is 16.8. The van der Waals surface area contributed by atoms with Gasteiger partial charge in [-0.25, -0.2) is 9.78 Å². The second-order valence-corrected chi connectivity index (χ2v) is 3.95. The maximum atomic E-state index is 10.7. The summed E-state index contributed by atoms with van der Waals surface area (Å²) < 4.78 is 0. The predicted octanol–water partition coefficient (Wildman–Crippen LogP) is 2.20. The molecule has 0 saturated heterocycles. The van der Waals surface area contributed by atoms with Crippen LogP contribution in [-0.4, -0.2) is 29.1 Å². The molecule has 0 unspecified atom stereocenters. The molecule has 4 nitrogen and oxygen atoms in total. The van der Waals surface area contributed by atoms with Gasteiger partial charge in [0.05, 0.1) is 10.6 Å². The summed E-state index contributed by atoms with van der Waals surface area (Å²) >= 11 is 6.02. The van der Waals surface area contributed by atoms with Crippen LogP contribution in [0.15, 0.2) is 24.4 Å². The van der Waals surface area contributed by atoms with Crippen molar-refractivity contribution in [2.75, 3.05) is 18.0 Å². The number of carboxylic acids is 1. The van der Waals surface area contributed by atoms with Crippen LogP contribution in [0.3, 0.4) is 0 Å². The van der Waals surface area contributed by atoms with Crippen LogP contribution in [0.2, 0.25) is 5.02 Å². The number of rotatable bonds is 2. The molecule has 0 aliphatic carbocycles. The number of hydrogen-bond acceptors (Lipinski definition) is 3. The molecule has 0 aromatic carbocycles. The van der Waals surface area contributed by atoms with Crippen molar-refractivity contribution in [2.24, 2.45) is 0 Å². The molecule has 0 spiro atoms. The number of hydrogen-bond donors (Lipinski definition) is 1. The van der Waals surface area contributed by atoms with Gasteiger partial charge in [0.1, 0.15) is 5.82 Å². The van der Waals surface area contributed by atoms with Gasteiger partial charge in [-0.3, -0.25) is 0 Å². The smallest absolute Gasteiger partial charge is 0.337 e. The van der Waals surface area contributed by atoms with Crippen molar-refractivity contribution >= 4 is 23.4 Å². The van der Waals surface area contributed by atoms with Crippen LogP contribution in [-0.2, 0) is 0 Å². The predicted molar refractivity (Wildman–Crippen MR) is 62.2 cm³/mol. The lowest BCUT2D eigenvalue weighted by Gasteiger charge is -2.25. The van der Waals surface area contributed by atoms with Crippen molar-refractivity contribution in [3.05, 3.63) is 35.0 Å². The van der Waals surface area contributed by atoms with Crippen molar-refractivity contribution in [3.63, 3.8) is 0 Å². The molecule has 0 saturated carbocycles. The minimum absolute atomic E-state index is 0.112. The van der Waals surface area contributed by atoms with Gasteiger partial charge in [0.15, 0.2) is 0 Å². The highest BCUT2D eigenvalue weighted by Crippen LogP contribution is 2.25. The third kappa shape index (κ3) is 2.17. The number of carboxylic acid groups (broad SMARTS) is 1. The molecule has 1 N–H and O–H groups in total. The van der Waals surface area contributed by atoms with Crippen LogP contribution in [0.25, 0.3) is 0 Å². The van der Waals surface area contributed by atoms with E-state index in [4.69, 9.17) is 16.7 Å². The zero-order valence-electron chi connectivity index (χ0n) is 8.56. The normalized spacial score (nSPS) is 15.2. The van der Waals surface area contributed by atoms with E-state index in [0.717, 1.165) is 19.5 Å². The molecule has 1 aliphatic heterocycles. The number of anilines is 1. The summed E-state index contributed by atoms with van der Waals surface area (Å²) in [5.74, 6) is -0.365. The Bertz CT molecular complexity index is 446. The fraction of sp³-hybridized carbons (Fsp3) is 0.273. The lowest BCUT2D eigenvalue weighted by molar-refractivity contribution is 0.0696. The number of halogens is 1. The van der Waals surface area contributed by atoms with E-state index in [0.29, 0.717) is 10.8 Å². The molecule has 2 rings (SSSR count). The van der Waals surface area contributed by atoms with Gasteiger partial charge < -0.3 is 10.0 Å². The van der Waals surface area contributed by atoms with Gasteiger partial charge in [0.25, 0.3) is 0 Å². The average molecular weight is 239 g/mol. The molecule has 1 aromatic heterocycles. The molecule has 84 valence electrons. The van der Waals surface area contributed by atoms with Gasteiger partial charge in [0, 0.05) is 19.3 Å². The molecule has 0 bridgehead atoms. The summed E-state index contributed by atoms with van der Waals surface area (Å²) in [5, 5.41) is 9.17. The van der Waals surface area contributed by atoms with Crippen LogP contribution in [0, 0.1) is 0 Å². The Hall–Kier alpha value is -1.55. The lowest BCUT2D eigenvalue weighted by Crippen LogP contribution is -2.28. The number of aromatic nitrogens is 1. The number of pyridine rings is 1. The molecule has 1 aliphatic rings. The second-order valence-electron chi connectivity index (χ2n) is 3.54. The first-order valence-corrected chi connectivity index (χ1v) is 5.35. The average Bonchev–Trinajstić information content (AvgIpc) is 2.30. The molecule has 2 heterocycles. The quantitative estimate of drug-likeness (QED) is 0.803. The van der Waals surface area contributed by atoms with Crippen molar-refractivity contribution in [1.29, 1.82) is 0 Å². The lowest BCUT2D eigenvalue weighted by atomic mass is 10.2. The van der Waals surface area contributed by atoms with Crippen molar-refractivity contribution in [2.45, 2.75) is 6.42 Å². The first kappa shape index (κ1) is 11.0. The van der Waals surface area contributed by atoms with Crippen LogP contribution >= 0.6 is 11.6 Å². The zero-order valence-corrected chi connectivity index (χ0v) is 9.31. The van der Waals surface area contributed by atoms with Crippen molar-refractivity contribution in [1.82, 2.24) is 4.98 Å². The van der Waals surface area contributed by atoms with Gasteiger partial charge >= 0.3 is 5.97 Å². The van der Waals surface area contributed by atoms with E-state index >= 15 is 0 Å². The van der Waals surface area contributed by atoms with E-state index in [1.807, 2.05) is 11.0 Å². The molecule has 0 radical (unpaired) electrons. The van der Waals surface area contributed by atoms with Gasteiger partial charge in [-0.15, -0.1) is 0 Å². The van der Waals surface area contributed by atoms with Crippen LogP contribution in [0.1, 0.15) is 16.8 Å². The number of nitrogens with zero attached hydrogens (tertiary/aromatic N) is 2. The molecule has 0 atom stereocenters. The molecule has 1 aromatic rings. The third-order valence-corrected chi connectivity index (χ3v) is 2.70. The van der Waals surface area contributed by atoms with E-state index in [-0.39, 0.29) is 5.56 Å². The van der Waals surface area contributed by atoms with Crippen LogP contribution in [0.5, 0.6) is 0 Å². The Balaban J connectivity index is 2.28. The molecule has 0 fully saturated rings. The maximum Gasteiger partial charge on any atom is 0.337 e. The first-order valence-electron chi connectivity index (χ1n) is 4.97. The Morgan fingerprint density at radius 1 is 1.50 bits per heavy atom. The van der Waals surface area contributed by atoms with E-state index in [1.165, 1.54) is 12.3 Å². The topological polar surface area (TPSA) is 53.4 Å². The van der Waals surface area contributed by atoms with Gasteiger partial charge in [-0.2, -0.15) is 0 Å². The highest BCUT2D eigenvalue weighted by atomic mass is 35.5. The van der Waals surface area contributed by atoms with Gasteiger partial charge in [0.2, 0.25) is 0 Å². The fourth-order valence-corrected chi connectivity index (χ4v) is 1.90. The number of aromatic carboxylic acids is 1. The Morgan fingerprint density at radius 3 is 2.88 bits per heavy atom. The van der Waals surface area contributed by atoms with Crippen molar-refractivity contribution in [3.8, 4) is 0 Å². The largest absolute Gasteiger partial charge is 0.478 e. The Kier molecular flexibility index (Phi) is 3.10. The molecule has 5 heteroatoms. The van der Waals surface area contributed by atoms with E-state index in [1.54, 1.807) is 0 Å². The van der Waals surface area contributed by atoms with Gasteiger partial charge in [-0.05, 0) is 12.5 Å². The van der Waals surface area contributed by atoms with Crippen molar-refractivity contribution < 1.29 is 9.90 Å². The molecular formula is C11H11ClN2O2. The SMILES string of the molecule is O=C(O)c1cnc(N2CC=CCC2)c(Cl)c1. The first-order chi connectivity index (χ1) is 7.68. The summed E-state index contributed by atoms with van der Waals surface area (Å²) in [7, 11) is 0. The molecular weight excluding hydrogens is 228 g/mol. The van der Waals surface area contributed by atoms with Crippen LogP contribution < -0.4 is 4.90 Å². The zero-order chi connectivity index (χ0) is 11.5. The minimum atomic E-state index is -1.01. The second kappa shape index (κ2) is 4.53.